The molecule has 0 bridgehead atoms. The molecule has 1 aliphatic carbocycles. The first kappa shape index (κ1) is 14.1. The van der Waals surface area contributed by atoms with E-state index in [0.29, 0.717) is 5.02 Å². The zero-order chi connectivity index (χ0) is 13.7. The number of aliphatic hydroxyl groups excluding tert-OH is 1. The monoisotopic (exact) mass is 279 g/mol. The first-order valence-electron chi connectivity index (χ1n) is 6.58. The summed E-state index contributed by atoms with van der Waals surface area (Å²) < 4.78 is 0. The number of amides is 1. The summed E-state index contributed by atoms with van der Waals surface area (Å²) in [5.74, 6) is -0.189. The average Bonchev–Trinajstić information content (AvgIpc) is 2.40. The molecule has 102 valence electrons. The molecule has 2 unspecified atom stereocenters. The molecule has 3 nitrogen and oxygen atoms in total. The lowest BCUT2D eigenvalue weighted by atomic mass is 9.92. The van der Waals surface area contributed by atoms with E-state index in [4.69, 9.17) is 11.6 Å². The van der Waals surface area contributed by atoms with Crippen LogP contribution in [0.4, 0.5) is 0 Å². The highest BCUT2D eigenvalue weighted by Gasteiger charge is 2.23. The molecule has 0 spiro atoms. The van der Waals surface area contributed by atoms with Crippen molar-refractivity contribution in [3.05, 3.63) is 40.9 Å². The number of halogens is 1. The minimum atomic E-state index is -0.425. The molecule has 1 aromatic carbocycles. The minimum Gasteiger partial charge on any atom is -0.391 e. The quantitative estimate of drug-likeness (QED) is 0.836. The first-order valence-corrected chi connectivity index (χ1v) is 6.96. The van der Waals surface area contributed by atoms with Gasteiger partial charge in [0.25, 0.3) is 0 Å². The van der Waals surface area contributed by atoms with Crippen molar-refractivity contribution in [3.63, 3.8) is 0 Å². The highest BCUT2D eigenvalue weighted by Crippen LogP contribution is 2.19. The van der Waals surface area contributed by atoms with Crippen molar-refractivity contribution in [2.45, 2.75) is 37.8 Å². The van der Waals surface area contributed by atoms with E-state index in [1.807, 2.05) is 18.2 Å². The molecule has 0 aliphatic heterocycles. The van der Waals surface area contributed by atoms with Crippen LogP contribution < -0.4 is 5.32 Å². The van der Waals surface area contributed by atoms with Gasteiger partial charge in [-0.25, -0.2) is 0 Å². The normalized spacial score (nSPS) is 23.5. The Bertz CT molecular complexity index is 473. The van der Waals surface area contributed by atoms with Crippen LogP contribution in [0, 0.1) is 0 Å². The lowest BCUT2D eigenvalue weighted by molar-refractivity contribution is -0.118. The van der Waals surface area contributed by atoms with E-state index in [1.54, 1.807) is 12.1 Å². The van der Waals surface area contributed by atoms with Gasteiger partial charge in [0.2, 0.25) is 5.91 Å². The Hall–Kier alpha value is -1.32. The maximum absolute atomic E-state index is 11.8. The van der Waals surface area contributed by atoms with Crippen LogP contribution in [-0.4, -0.2) is 23.2 Å². The number of rotatable bonds is 3. The maximum atomic E-state index is 11.8. The predicted octanol–water partition coefficient (Wildman–Crippen LogP) is 2.77. The standard InChI is InChI=1S/C15H18ClNO2/c16-12-6-2-1-5-11(12)9-10-15(19)17-13-7-3-4-8-14(13)18/h1-2,5-6,9-10,13-14,18H,3-4,7-8H2,(H,17,19). The molecule has 19 heavy (non-hydrogen) atoms. The molecular weight excluding hydrogens is 262 g/mol. The second-order valence-electron chi connectivity index (χ2n) is 4.82. The van der Waals surface area contributed by atoms with Gasteiger partial charge in [-0.2, -0.15) is 0 Å². The van der Waals surface area contributed by atoms with Gasteiger partial charge >= 0.3 is 0 Å². The molecule has 2 atom stereocenters. The second-order valence-corrected chi connectivity index (χ2v) is 5.23. The van der Waals surface area contributed by atoms with Gasteiger partial charge in [0.1, 0.15) is 0 Å². The summed E-state index contributed by atoms with van der Waals surface area (Å²) in [5.41, 5.74) is 0.809. The van der Waals surface area contributed by atoms with E-state index in [0.717, 1.165) is 31.2 Å². The van der Waals surface area contributed by atoms with Gasteiger partial charge in [-0.3, -0.25) is 4.79 Å². The number of hydrogen-bond acceptors (Lipinski definition) is 2. The lowest BCUT2D eigenvalue weighted by Gasteiger charge is -2.27. The number of benzene rings is 1. The molecule has 1 aromatic rings. The molecule has 2 rings (SSSR count). The molecule has 4 heteroatoms. The van der Waals surface area contributed by atoms with Crippen LogP contribution in [0.15, 0.2) is 30.3 Å². The number of aliphatic hydroxyl groups is 1. The number of carbonyl (C=O) groups excluding carboxylic acids is 1. The fourth-order valence-corrected chi connectivity index (χ4v) is 2.48. The minimum absolute atomic E-state index is 0.128. The highest BCUT2D eigenvalue weighted by molar-refractivity contribution is 6.32. The SMILES string of the molecule is O=C(C=Cc1ccccc1Cl)NC1CCCCC1O. The van der Waals surface area contributed by atoms with Crippen LogP contribution in [0.1, 0.15) is 31.2 Å². The van der Waals surface area contributed by atoms with Gasteiger partial charge in [-0.15, -0.1) is 0 Å². The van der Waals surface area contributed by atoms with E-state index in [1.165, 1.54) is 6.08 Å². The molecule has 1 saturated carbocycles. The van der Waals surface area contributed by atoms with E-state index in [-0.39, 0.29) is 11.9 Å². The third kappa shape index (κ3) is 4.08. The molecule has 0 heterocycles. The van der Waals surface area contributed by atoms with Crippen molar-refractivity contribution in [2.24, 2.45) is 0 Å². The van der Waals surface area contributed by atoms with Gasteiger partial charge in [0.05, 0.1) is 12.1 Å². The third-order valence-electron chi connectivity index (χ3n) is 3.38. The Morgan fingerprint density at radius 3 is 2.79 bits per heavy atom. The van der Waals surface area contributed by atoms with Crippen LogP contribution in [0.2, 0.25) is 5.02 Å². The zero-order valence-electron chi connectivity index (χ0n) is 10.7. The molecule has 0 radical (unpaired) electrons. The number of nitrogens with one attached hydrogen (secondary N) is 1. The van der Waals surface area contributed by atoms with Crippen molar-refractivity contribution >= 4 is 23.6 Å². The van der Waals surface area contributed by atoms with Crippen molar-refractivity contribution < 1.29 is 9.90 Å². The van der Waals surface area contributed by atoms with Crippen LogP contribution >= 0.6 is 11.6 Å². The van der Waals surface area contributed by atoms with Crippen molar-refractivity contribution in [1.82, 2.24) is 5.32 Å². The van der Waals surface area contributed by atoms with Crippen LogP contribution in [0.3, 0.4) is 0 Å². The van der Waals surface area contributed by atoms with Gasteiger partial charge in [-0.1, -0.05) is 42.6 Å². The fourth-order valence-electron chi connectivity index (χ4n) is 2.29. The summed E-state index contributed by atoms with van der Waals surface area (Å²) in [6.07, 6.45) is 6.41. The number of carbonyl (C=O) groups is 1. The Kier molecular flexibility index (Phi) is 5.00. The second kappa shape index (κ2) is 6.73. The van der Waals surface area contributed by atoms with E-state index >= 15 is 0 Å². The highest BCUT2D eigenvalue weighted by atomic mass is 35.5. The van der Waals surface area contributed by atoms with Gasteiger partial charge in [0.15, 0.2) is 0 Å². The molecule has 1 amide bonds. The summed E-state index contributed by atoms with van der Waals surface area (Å²) in [5, 5.41) is 13.2. The topological polar surface area (TPSA) is 49.3 Å². The lowest BCUT2D eigenvalue weighted by Crippen LogP contribution is -2.44. The Morgan fingerprint density at radius 1 is 1.32 bits per heavy atom. The summed E-state index contributed by atoms with van der Waals surface area (Å²) in [7, 11) is 0. The Balaban J connectivity index is 1.92. The molecule has 1 aliphatic rings. The Morgan fingerprint density at radius 2 is 2.05 bits per heavy atom. The fraction of sp³-hybridized carbons (Fsp3) is 0.400. The van der Waals surface area contributed by atoms with E-state index in [2.05, 4.69) is 5.32 Å². The number of hydrogen-bond donors (Lipinski definition) is 2. The summed E-state index contributed by atoms with van der Waals surface area (Å²) in [6, 6.07) is 7.22. The molecule has 1 fully saturated rings. The van der Waals surface area contributed by atoms with Crippen LogP contribution in [0.25, 0.3) is 6.08 Å². The van der Waals surface area contributed by atoms with E-state index < -0.39 is 6.10 Å². The van der Waals surface area contributed by atoms with Crippen LogP contribution in [0.5, 0.6) is 0 Å². The average molecular weight is 280 g/mol. The van der Waals surface area contributed by atoms with Gasteiger partial charge < -0.3 is 10.4 Å². The maximum Gasteiger partial charge on any atom is 0.244 e. The van der Waals surface area contributed by atoms with Crippen molar-refractivity contribution in [3.8, 4) is 0 Å². The largest absolute Gasteiger partial charge is 0.391 e. The molecule has 0 aromatic heterocycles. The third-order valence-corrected chi connectivity index (χ3v) is 3.72. The summed E-state index contributed by atoms with van der Waals surface area (Å²) in [6.45, 7) is 0. The molecular formula is C15H18ClNO2. The molecule has 2 N–H and O–H groups in total. The van der Waals surface area contributed by atoms with E-state index in [9.17, 15) is 9.90 Å². The smallest absolute Gasteiger partial charge is 0.244 e. The predicted molar refractivity (Wildman–Crippen MR) is 76.9 cm³/mol. The summed E-state index contributed by atoms with van der Waals surface area (Å²) >= 11 is 6.00. The zero-order valence-corrected chi connectivity index (χ0v) is 11.4. The van der Waals surface area contributed by atoms with Crippen molar-refractivity contribution in [2.75, 3.05) is 0 Å². The van der Waals surface area contributed by atoms with Crippen molar-refractivity contribution in [1.29, 1.82) is 0 Å². The Labute approximate surface area is 118 Å². The van der Waals surface area contributed by atoms with Gasteiger partial charge in [-0.05, 0) is 30.5 Å². The first-order chi connectivity index (χ1) is 9.16. The summed E-state index contributed by atoms with van der Waals surface area (Å²) in [4.78, 5) is 11.8. The molecule has 0 saturated heterocycles. The van der Waals surface area contributed by atoms with Crippen LogP contribution in [-0.2, 0) is 4.79 Å². The van der Waals surface area contributed by atoms with Gasteiger partial charge in [0, 0.05) is 11.1 Å².